The van der Waals surface area contributed by atoms with Crippen molar-refractivity contribution in [3.8, 4) is 0 Å². The van der Waals surface area contributed by atoms with Crippen molar-refractivity contribution >= 4 is 38.0 Å². The van der Waals surface area contributed by atoms with Crippen LogP contribution >= 0.6 is 22.7 Å². The van der Waals surface area contributed by atoms with Gasteiger partial charge in [-0.15, -0.1) is 11.3 Å². The number of nitrogens with zero attached hydrogens (tertiary/aromatic N) is 2. The standard InChI is InChI=1S/C11H13N3OS2/c1-7-6-16-9-8(7)13-11(17-10(9)15)14-4-2-12-3-5-14/h6,12H,2-5H2,1H3. The normalized spacial score (nSPS) is 16.6. The van der Waals surface area contributed by atoms with Crippen molar-refractivity contribution in [3.63, 3.8) is 0 Å². The molecule has 4 nitrogen and oxygen atoms in total. The minimum absolute atomic E-state index is 0.140. The first kappa shape index (κ1) is 11.1. The zero-order valence-corrected chi connectivity index (χ0v) is 11.2. The summed E-state index contributed by atoms with van der Waals surface area (Å²) in [5.74, 6) is 0. The zero-order valence-electron chi connectivity index (χ0n) is 9.52. The summed E-state index contributed by atoms with van der Waals surface area (Å²) >= 11 is 2.77. The van der Waals surface area contributed by atoms with Crippen LogP contribution in [0.4, 0.5) is 5.13 Å². The molecule has 0 aromatic carbocycles. The molecule has 1 N–H and O–H groups in total. The van der Waals surface area contributed by atoms with Gasteiger partial charge in [0.05, 0.1) is 5.52 Å². The number of nitrogens with one attached hydrogen (secondary N) is 1. The summed E-state index contributed by atoms with van der Waals surface area (Å²) in [4.78, 5) is 18.8. The Hall–Kier alpha value is -0.980. The molecule has 0 radical (unpaired) electrons. The predicted octanol–water partition coefficient (Wildman–Crippen LogP) is 1.44. The molecule has 1 fully saturated rings. The second-order valence-electron chi connectivity index (χ2n) is 4.12. The summed E-state index contributed by atoms with van der Waals surface area (Å²) in [6, 6.07) is 0. The van der Waals surface area contributed by atoms with Crippen molar-refractivity contribution < 1.29 is 0 Å². The largest absolute Gasteiger partial charge is 0.345 e. The number of hydrogen-bond donors (Lipinski definition) is 1. The smallest absolute Gasteiger partial charge is 0.255 e. The number of fused-ring (bicyclic) bond motifs is 1. The van der Waals surface area contributed by atoms with Crippen LogP contribution in [0.3, 0.4) is 0 Å². The summed E-state index contributed by atoms with van der Waals surface area (Å²) in [6.45, 7) is 5.79. The molecule has 1 aliphatic rings. The third kappa shape index (κ3) is 1.96. The quantitative estimate of drug-likeness (QED) is 0.849. The Bertz CT molecular complexity index is 598. The zero-order chi connectivity index (χ0) is 11.8. The lowest BCUT2D eigenvalue weighted by Crippen LogP contribution is -2.43. The molecule has 0 atom stereocenters. The van der Waals surface area contributed by atoms with E-state index in [1.54, 1.807) is 0 Å². The van der Waals surface area contributed by atoms with Crippen molar-refractivity contribution in [2.45, 2.75) is 6.92 Å². The van der Waals surface area contributed by atoms with Crippen molar-refractivity contribution in [3.05, 3.63) is 20.5 Å². The lowest BCUT2D eigenvalue weighted by atomic mass is 10.3. The number of anilines is 1. The van der Waals surface area contributed by atoms with Crippen LogP contribution in [0.15, 0.2) is 10.2 Å². The summed E-state index contributed by atoms with van der Waals surface area (Å²) in [6.07, 6.45) is 0. The Balaban J connectivity index is 2.10. The van der Waals surface area contributed by atoms with E-state index in [9.17, 15) is 4.79 Å². The van der Waals surface area contributed by atoms with Gasteiger partial charge in [0, 0.05) is 26.2 Å². The maximum absolute atomic E-state index is 12.0. The SMILES string of the molecule is Cc1csc2c(=O)sc(N3CCNCC3)nc12. The van der Waals surface area contributed by atoms with E-state index < -0.39 is 0 Å². The second-order valence-corrected chi connectivity index (χ2v) is 5.94. The monoisotopic (exact) mass is 267 g/mol. The van der Waals surface area contributed by atoms with Gasteiger partial charge in [0.15, 0.2) is 5.13 Å². The average molecular weight is 267 g/mol. The minimum Gasteiger partial charge on any atom is -0.345 e. The highest BCUT2D eigenvalue weighted by Gasteiger charge is 2.16. The van der Waals surface area contributed by atoms with Gasteiger partial charge in [0.25, 0.3) is 4.74 Å². The fourth-order valence-electron chi connectivity index (χ4n) is 1.96. The second kappa shape index (κ2) is 4.36. The van der Waals surface area contributed by atoms with E-state index in [1.165, 1.54) is 22.7 Å². The van der Waals surface area contributed by atoms with Crippen LogP contribution in [0.5, 0.6) is 0 Å². The fraction of sp³-hybridized carbons (Fsp3) is 0.455. The summed E-state index contributed by atoms with van der Waals surface area (Å²) in [5, 5.41) is 6.18. The molecule has 0 bridgehead atoms. The van der Waals surface area contributed by atoms with Gasteiger partial charge in [-0.1, -0.05) is 11.3 Å². The highest BCUT2D eigenvalue weighted by Crippen LogP contribution is 2.25. The number of thiophene rings is 1. The van der Waals surface area contributed by atoms with E-state index in [1.807, 2.05) is 12.3 Å². The van der Waals surface area contributed by atoms with Crippen molar-refractivity contribution in [1.29, 1.82) is 0 Å². The van der Waals surface area contributed by atoms with E-state index in [0.717, 1.165) is 47.1 Å². The molecular formula is C11H13N3OS2. The molecule has 1 aliphatic heterocycles. The van der Waals surface area contributed by atoms with E-state index in [4.69, 9.17) is 0 Å². The molecule has 3 rings (SSSR count). The van der Waals surface area contributed by atoms with Gasteiger partial charge in [-0.25, -0.2) is 4.98 Å². The van der Waals surface area contributed by atoms with Crippen LogP contribution in [0.2, 0.25) is 0 Å². The van der Waals surface area contributed by atoms with Gasteiger partial charge in [0.1, 0.15) is 4.70 Å². The Kier molecular flexibility index (Phi) is 2.85. The maximum Gasteiger partial charge on any atom is 0.255 e. The molecular weight excluding hydrogens is 254 g/mol. The summed E-state index contributed by atoms with van der Waals surface area (Å²) in [7, 11) is 0. The van der Waals surface area contributed by atoms with Crippen LogP contribution in [0.25, 0.3) is 10.2 Å². The Morgan fingerprint density at radius 3 is 2.94 bits per heavy atom. The van der Waals surface area contributed by atoms with Gasteiger partial charge in [-0.2, -0.15) is 0 Å². The molecule has 0 saturated carbocycles. The molecule has 2 aromatic heterocycles. The highest BCUT2D eigenvalue weighted by atomic mass is 32.1. The number of piperazine rings is 1. The molecule has 17 heavy (non-hydrogen) atoms. The van der Waals surface area contributed by atoms with Gasteiger partial charge in [0.2, 0.25) is 0 Å². The maximum atomic E-state index is 12.0. The molecule has 2 aromatic rings. The Morgan fingerprint density at radius 2 is 2.18 bits per heavy atom. The number of hydrogen-bond acceptors (Lipinski definition) is 6. The van der Waals surface area contributed by atoms with Gasteiger partial charge >= 0.3 is 0 Å². The van der Waals surface area contributed by atoms with Crippen LogP contribution in [-0.2, 0) is 0 Å². The van der Waals surface area contributed by atoms with Crippen LogP contribution in [0.1, 0.15) is 5.56 Å². The molecule has 0 amide bonds. The lowest BCUT2D eigenvalue weighted by Gasteiger charge is -2.27. The number of rotatable bonds is 1. The Morgan fingerprint density at radius 1 is 1.41 bits per heavy atom. The number of aryl methyl sites for hydroxylation is 1. The van der Waals surface area contributed by atoms with Gasteiger partial charge in [-0.05, 0) is 17.9 Å². The Labute approximate surface area is 107 Å². The third-order valence-corrected chi connectivity index (χ3v) is 5.04. The van der Waals surface area contributed by atoms with Gasteiger partial charge < -0.3 is 10.2 Å². The molecule has 0 unspecified atom stereocenters. The van der Waals surface area contributed by atoms with Crippen LogP contribution < -0.4 is 15.0 Å². The van der Waals surface area contributed by atoms with Crippen LogP contribution in [-0.4, -0.2) is 31.2 Å². The van der Waals surface area contributed by atoms with E-state index in [-0.39, 0.29) is 4.74 Å². The van der Waals surface area contributed by atoms with Crippen molar-refractivity contribution in [1.82, 2.24) is 10.3 Å². The molecule has 0 spiro atoms. The fourth-order valence-corrected chi connectivity index (χ4v) is 3.85. The highest BCUT2D eigenvalue weighted by molar-refractivity contribution is 7.21. The van der Waals surface area contributed by atoms with Gasteiger partial charge in [-0.3, -0.25) is 4.79 Å². The first-order valence-electron chi connectivity index (χ1n) is 5.60. The first-order chi connectivity index (χ1) is 8.25. The topological polar surface area (TPSA) is 45.2 Å². The van der Waals surface area contributed by atoms with Crippen LogP contribution in [0, 0.1) is 6.92 Å². The van der Waals surface area contributed by atoms with Crippen molar-refractivity contribution in [2.24, 2.45) is 0 Å². The first-order valence-corrected chi connectivity index (χ1v) is 7.30. The number of aromatic nitrogens is 1. The molecule has 0 aliphatic carbocycles. The van der Waals surface area contributed by atoms with E-state index in [2.05, 4.69) is 15.2 Å². The predicted molar refractivity (Wildman–Crippen MR) is 73.6 cm³/mol. The molecule has 90 valence electrons. The van der Waals surface area contributed by atoms with E-state index >= 15 is 0 Å². The molecule has 6 heteroatoms. The summed E-state index contributed by atoms with van der Waals surface area (Å²) in [5.41, 5.74) is 1.98. The lowest BCUT2D eigenvalue weighted by molar-refractivity contribution is 0.588. The molecule has 1 saturated heterocycles. The van der Waals surface area contributed by atoms with Crippen molar-refractivity contribution in [2.75, 3.05) is 31.1 Å². The average Bonchev–Trinajstić information content (AvgIpc) is 2.73. The minimum atomic E-state index is 0.140. The summed E-state index contributed by atoms with van der Waals surface area (Å²) < 4.78 is 0.938. The third-order valence-electron chi connectivity index (χ3n) is 2.91. The van der Waals surface area contributed by atoms with E-state index in [0.29, 0.717) is 0 Å². The molecule has 3 heterocycles.